The summed E-state index contributed by atoms with van der Waals surface area (Å²) in [4.78, 5) is 46.2. The Balaban J connectivity index is 1.41. The second-order valence-corrected chi connectivity index (χ2v) is 11.1. The van der Waals surface area contributed by atoms with Crippen molar-refractivity contribution < 1.29 is 28.6 Å². The van der Waals surface area contributed by atoms with Crippen molar-refractivity contribution in [3.63, 3.8) is 0 Å². The molecule has 8 rings (SSSR count). The summed E-state index contributed by atoms with van der Waals surface area (Å²) in [5.41, 5.74) is 2.35. The van der Waals surface area contributed by atoms with Crippen molar-refractivity contribution in [1.82, 2.24) is 0 Å². The molecule has 8 heteroatoms. The first kappa shape index (κ1) is 25.3. The Morgan fingerprint density at radius 3 is 2.56 bits per heavy atom. The summed E-state index contributed by atoms with van der Waals surface area (Å²) >= 11 is 0. The lowest BCUT2D eigenvalue weighted by Crippen LogP contribution is -2.51. The van der Waals surface area contributed by atoms with Gasteiger partial charge in [-0.15, -0.1) is 0 Å². The quantitative estimate of drug-likeness (QED) is 0.326. The van der Waals surface area contributed by atoms with Crippen molar-refractivity contribution in [3.05, 3.63) is 119 Å². The van der Waals surface area contributed by atoms with Crippen LogP contribution in [0.25, 0.3) is 6.08 Å². The number of hydrogen-bond acceptors (Lipinski definition) is 7. The van der Waals surface area contributed by atoms with Gasteiger partial charge < -0.3 is 24.4 Å². The maximum Gasteiger partial charge on any atom is 0.238 e. The van der Waals surface area contributed by atoms with Crippen molar-refractivity contribution in [2.45, 2.75) is 17.5 Å². The van der Waals surface area contributed by atoms with Gasteiger partial charge in [0.05, 0.1) is 19.1 Å². The fourth-order valence-corrected chi connectivity index (χ4v) is 7.30. The van der Waals surface area contributed by atoms with Gasteiger partial charge in [0.15, 0.2) is 23.1 Å². The van der Waals surface area contributed by atoms with E-state index in [1.54, 1.807) is 49.6 Å². The summed E-state index contributed by atoms with van der Waals surface area (Å²) < 4.78 is 16.5. The summed E-state index contributed by atoms with van der Waals surface area (Å²) in [6, 6.07) is 25.5. The van der Waals surface area contributed by atoms with Crippen LogP contribution < -0.4 is 24.4 Å². The maximum atomic E-state index is 15.0. The van der Waals surface area contributed by atoms with Gasteiger partial charge in [-0.1, -0.05) is 60.7 Å². The van der Waals surface area contributed by atoms with E-state index in [-0.39, 0.29) is 24.3 Å². The van der Waals surface area contributed by atoms with E-state index in [0.29, 0.717) is 39.6 Å². The van der Waals surface area contributed by atoms with Crippen LogP contribution in [0.1, 0.15) is 31.8 Å². The second kappa shape index (κ2) is 9.32. The highest BCUT2D eigenvalue weighted by molar-refractivity contribution is 6.18. The molecule has 212 valence electrons. The summed E-state index contributed by atoms with van der Waals surface area (Å²) in [6.07, 6.45) is 3.94. The van der Waals surface area contributed by atoms with Gasteiger partial charge in [0, 0.05) is 22.5 Å². The zero-order valence-corrected chi connectivity index (χ0v) is 23.2. The highest BCUT2D eigenvalue weighted by atomic mass is 16.7. The molecule has 0 bridgehead atoms. The predicted molar refractivity (Wildman–Crippen MR) is 160 cm³/mol. The molecule has 1 fully saturated rings. The lowest BCUT2D eigenvalue weighted by Gasteiger charge is -2.37. The van der Waals surface area contributed by atoms with E-state index in [4.69, 9.17) is 14.2 Å². The normalized spacial score (nSPS) is 23.9. The number of fused-ring (bicyclic) bond motifs is 7. The van der Waals surface area contributed by atoms with Crippen molar-refractivity contribution in [2.24, 2.45) is 5.92 Å². The molecule has 4 aliphatic heterocycles. The standard InChI is InChI=1S/C35H26N2O6/c1-41-23-9-6-8-21(17-23)33(39)31-30(32(38)22-13-15-27-28(18-22)43-19-42-27)35(24-10-3-4-11-25(24)36-34(35)40)29-16-14-20-7-2-5-12-26(20)37(29)31/h2-18,29-31H,19H2,1H3,(H,36,40)/t29-,30-,31+,35-/m0/s1. The van der Waals surface area contributed by atoms with E-state index in [9.17, 15) is 14.4 Å². The Labute approximate surface area is 247 Å². The molecule has 0 aliphatic carbocycles. The molecule has 4 heterocycles. The zero-order valence-electron chi connectivity index (χ0n) is 23.2. The molecular formula is C35H26N2O6. The third kappa shape index (κ3) is 3.46. The van der Waals surface area contributed by atoms with Crippen LogP contribution in [-0.2, 0) is 10.2 Å². The first-order valence-electron chi connectivity index (χ1n) is 14.1. The molecule has 4 aromatic carbocycles. The molecule has 1 spiro atoms. The van der Waals surface area contributed by atoms with Gasteiger partial charge in [0.1, 0.15) is 17.2 Å². The second-order valence-electron chi connectivity index (χ2n) is 11.1. The number of benzene rings is 4. The molecule has 1 N–H and O–H groups in total. The molecule has 0 saturated carbocycles. The van der Waals surface area contributed by atoms with Crippen molar-refractivity contribution in [3.8, 4) is 17.2 Å². The predicted octanol–water partition coefficient (Wildman–Crippen LogP) is 5.28. The Bertz CT molecular complexity index is 1880. The zero-order chi connectivity index (χ0) is 29.3. The van der Waals surface area contributed by atoms with E-state index in [1.807, 2.05) is 65.6 Å². The van der Waals surface area contributed by atoms with Gasteiger partial charge >= 0.3 is 0 Å². The lowest BCUT2D eigenvalue weighted by atomic mass is 9.64. The fourth-order valence-electron chi connectivity index (χ4n) is 7.30. The van der Waals surface area contributed by atoms with E-state index >= 15 is 0 Å². The molecule has 4 aliphatic rings. The fraction of sp³-hybridized carbons (Fsp3) is 0.171. The highest BCUT2D eigenvalue weighted by Crippen LogP contribution is 2.58. The van der Waals surface area contributed by atoms with E-state index < -0.39 is 23.4 Å². The van der Waals surface area contributed by atoms with E-state index in [0.717, 1.165) is 11.3 Å². The maximum absolute atomic E-state index is 15.0. The Hall–Kier alpha value is -5.37. The molecule has 4 aromatic rings. The molecule has 0 aromatic heterocycles. The van der Waals surface area contributed by atoms with E-state index in [2.05, 4.69) is 5.32 Å². The van der Waals surface area contributed by atoms with Crippen LogP contribution in [-0.4, -0.2) is 43.5 Å². The number of hydrogen-bond donors (Lipinski definition) is 1. The monoisotopic (exact) mass is 570 g/mol. The summed E-state index contributed by atoms with van der Waals surface area (Å²) in [5.74, 6) is -0.484. The average Bonchev–Trinajstić information content (AvgIpc) is 3.73. The molecule has 1 amide bonds. The highest BCUT2D eigenvalue weighted by Gasteiger charge is 2.70. The van der Waals surface area contributed by atoms with E-state index in [1.165, 1.54) is 0 Å². The third-order valence-corrected chi connectivity index (χ3v) is 9.10. The number of rotatable bonds is 5. The Kier molecular flexibility index (Phi) is 5.50. The number of Topliss-reactive ketones (excluding diaryl/α,β-unsaturated/α-hetero) is 2. The van der Waals surface area contributed by atoms with Crippen molar-refractivity contribution >= 4 is 34.9 Å². The minimum Gasteiger partial charge on any atom is -0.497 e. The van der Waals surface area contributed by atoms with Gasteiger partial charge in [-0.25, -0.2) is 0 Å². The number of ketones is 2. The topological polar surface area (TPSA) is 94.2 Å². The molecular weight excluding hydrogens is 544 g/mol. The number of nitrogens with zero attached hydrogens (tertiary/aromatic N) is 1. The molecule has 0 unspecified atom stereocenters. The SMILES string of the molecule is COc1cccc(C(=O)[C@H]2[C@@H](C(=O)c3ccc4c(c3)OCO4)[C@@]3(C(=O)Nc4ccccc43)[C@@H]3C=Cc4ccccc4N32)c1. The minimum atomic E-state index is -1.40. The number of anilines is 2. The summed E-state index contributed by atoms with van der Waals surface area (Å²) in [7, 11) is 1.54. The lowest BCUT2D eigenvalue weighted by molar-refractivity contribution is -0.121. The van der Waals surface area contributed by atoms with Gasteiger partial charge in [-0.3, -0.25) is 14.4 Å². The van der Waals surface area contributed by atoms with Gasteiger partial charge in [-0.2, -0.15) is 0 Å². The van der Waals surface area contributed by atoms with Crippen LogP contribution in [0.4, 0.5) is 11.4 Å². The van der Waals surface area contributed by atoms with Crippen molar-refractivity contribution in [1.29, 1.82) is 0 Å². The summed E-state index contributed by atoms with van der Waals surface area (Å²) in [5, 5.41) is 3.05. The largest absolute Gasteiger partial charge is 0.497 e. The van der Waals surface area contributed by atoms with Gasteiger partial charge in [-0.05, 0) is 53.6 Å². The number of amides is 1. The summed E-state index contributed by atoms with van der Waals surface area (Å²) in [6.45, 7) is 0.0600. The number of nitrogens with one attached hydrogen (secondary N) is 1. The van der Waals surface area contributed by atoms with Gasteiger partial charge in [0.25, 0.3) is 0 Å². The smallest absolute Gasteiger partial charge is 0.238 e. The first-order chi connectivity index (χ1) is 21.0. The first-order valence-corrected chi connectivity index (χ1v) is 14.1. The Morgan fingerprint density at radius 1 is 0.884 bits per heavy atom. The van der Waals surface area contributed by atoms with Crippen LogP contribution in [0.5, 0.6) is 17.2 Å². The van der Waals surface area contributed by atoms with Crippen LogP contribution in [0, 0.1) is 5.92 Å². The Morgan fingerprint density at radius 2 is 1.67 bits per heavy atom. The van der Waals surface area contributed by atoms with Crippen LogP contribution in [0.2, 0.25) is 0 Å². The van der Waals surface area contributed by atoms with Crippen LogP contribution in [0.3, 0.4) is 0 Å². The molecule has 8 nitrogen and oxygen atoms in total. The molecule has 4 atom stereocenters. The van der Waals surface area contributed by atoms with Crippen molar-refractivity contribution in [2.75, 3.05) is 24.1 Å². The number of carbonyl (C=O) groups is 3. The van der Waals surface area contributed by atoms with Crippen LogP contribution >= 0.6 is 0 Å². The third-order valence-electron chi connectivity index (χ3n) is 9.10. The van der Waals surface area contributed by atoms with Gasteiger partial charge in [0.2, 0.25) is 12.7 Å². The number of para-hydroxylation sites is 2. The number of ether oxygens (including phenoxy) is 3. The molecule has 0 radical (unpaired) electrons. The number of carbonyl (C=O) groups excluding carboxylic acids is 3. The minimum absolute atomic E-state index is 0.0600. The molecule has 43 heavy (non-hydrogen) atoms. The average molecular weight is 571 g/mol. The number of methoxy groups -OCH3 is 1. The van der Waals surface area contributed by atoms with Crippen LogP contribution in [0.15, 0.2) is 97.1 Å². The molecule has 1 saturated heterocycles.